The third-order valence-corrected chi connectivity index (χ3v) is 8.19. The van der Waals surface area contributed by atoms with Crippen molar-refractivity contribution in [3.05, 3.63) is 75.4 Å². The number of hydrogen-bond acceptors (Lipinski definition) is 8. The molecular weight excluding hydrogens is 556 g/mol. The number of para-hydroxylation sites is 1. The van der Waals surface area contributed by atoms with Crippen LogP contribution in [-0.2, 0) is 16.1 Å². The summed E-state index contributed by atoms with van der Waals surface area (Å²) in [6.07, 6.45) is -0.405. The number of amides is 1. The summed E-state index contributed by atoms with van der Waals surface area (Å²) in [6.45, 7) is 8.43. The third-order valence-electron chi connectivity index (χ3n) is 6.01. The van der Waals surface area contributed by atoms with Crippen molar-refractivity contribution in [3.63, 3.8) is 0 Å². The summed E-state index contributed by atoms with van der Waals surface area (Å²) in [7, 11) is 1.33. The van der Waals surface area contributed by atoms with Crippen molar-refractivity contribution in [1.82, 2.24) is 14.8 Å². The maximum Gasteiger partial charge on any atom is 0.341 e. The number of carbonyl (C=O) groups excluding carboxylic acids is 2. The summed E-state index contributed by atoms with van der Waals surface area (Å²) in [5.41, 5.74) is 4.11. The van der Waals surface area contributed by atoms with E-state index in [0.717, 1.165) is 22.3 Å². The number of hydrogen-bond donors (Lipinski definition) is 1. The topological polar surface area (TPSA) is 95.3 Å². The van der Waals surface area contributed by atoms with E-state index >= 15 is 0 Å². The van der Waals surface area contributed by atoms with Gasteiger partial charge in [-0.3, -0.25) is 4.79 Å². The fourth-order valence-corrected chi connectivity index (χ4v) is 6.01. The maximum atomic E-state index is 13.0. The lowest BCUT2D eigenvalue weighted by Crippen LogP contribution is -2.17. The second-order valence-corrected chi connectivity index (χ2v) is 11.0. The highest BCUT2D eigenvalue weighted by molar-refractivity contribution is 7.99. The van der Waals surface area contributed by atoms with E-state index in [-0.39, 0.29) is 11.7 Å². The van der Waals surface area contributed by atoms with Gasteiger partial charge in [0.15, 0.2) is 17.1 Å². The van der Waals surface area contributed by atoms with E-state index in [0.29, 0.717) is 38.9 Å². The molecule has 2 aromatic heterocycles. The third kappa shape index (κ3) is 6.46. The zero-order valence-electron chi connectivity index (χ0n) is 22.3. The van der Waals surface area contributed by atoms with Gasteiger partial charge in [-0.25, -0.2) is 4.79 Å². The molecule has 4 rings (SSSR count). The first-order chi connectivity index (χ1) is 18.7. The second-order valence-electron chi connectivity index (χ2n) is 8.78. The minimum atomic E-state index is -0.502. The van der Waals surface area contributed by atoms with Crippen molar-refractivity contribution in [3.8, 4) is 16.9 Å². The summed E-state index contributed by atoms with van der Waals surface area (Å²) in [6, 6.07) is 13.3. The number of nitrogens with zero attached hydrogens (tertiary/aromatic N) is 3. The van der Waals surface area contributed by atoms with Crippen molar-refractivity contribution < 1.29 is 19.1 Å². The molecule has 0 bridgehead atoms. The highest BCUT2D eigenvalue weighted by atomic mass is 35.5. The van der Waals surface area contributed by atoms with Crippen molar-refractivity contribution >= 4 is 51.6 Å². The number of thiophene rings is 1. The molecule has 8 nitrogen and oxygen atoms in total. The van der Waals surface area contributed by atoms with E-state index < -0.39 is 12.1 Å². The first-order valence-electron chi connectivity index (χ1n) is 12.3. The molecule has 0 radical (unpaired) electrons. The smallest absolute Gasteiger partial charge is 0.341 e. The van der Waals surface area contributed by atoms with Gasteiger partial charge in [0.2, 0.25) is 5.91 Å². The SMILES string of the molecule is CCn1c(SCC(=O)Nc2scc(-c3cc(C)ccc3C)c2C(=O)OC)nnc1C(C)Oc1ccccc1Cl. The molecule has 1 N–H and O–H groups in total. The first kappa shape index (κ1) is 28.7. The fraction of sp³-hybridized carbons (Fsp3) is 0.286. The number of halogens is 1. The summed E-state index contributed by atoms with van der Waals surface area (Å²) in [5, 5.41) is 14.9. The van der Waals surface area contributed by atoms with Crippen LogP contribution in [0, 0.1) is 13.8 Å². The maximum absolute atomic E-state index is 13.0. The van der Waals surface area contributed by atoms with Crippen LogP contribution >= 0.6 is 34.7 Å². The molecule has 4 aromatic rings. The van der Waals surface area contributed by atoms with Gasteiger partial charge in [-0.15, -0.1) is 21.5 Å². The van der Waals surface area contributed by atoms with Crippen molar-refractivity contribution in [1.29, 1.82) is 0 Å². The first-order valence-corrected chi connectivity index (χ1v) is 14.5. The Hall–Kier alpha value is -3.34. The standard InChI is InChI=1S/C28H29ClN4O4S2/c1-6-33-25(18(4)37-22-10-8-7-9-21(22)29)31-32-28(33)39-15-23(34)30-26-24(27(35)36-5)20(14-38-26)19-13-16(2)11-12-17(19)3/h7-14,18H,6,15H2,1-5H3,(H,30,34). The number of methoxy groups -OCH3 is 1. The second kappa shape index (κ2) is 12.7. The Labute approximate surface area is 240 Å². The molecule has 39 heavy (non-hydrogen) atoms. The molecule has 0 saturated carbocycles. The van der Waals surface area contributed by atoms with E-state index in [4.69, 9.17) is 21.1 Å². The Kier molecular flexibility index (Phi) is 9.32. The molecule has 1 amide bonds. The van der Waals surface area contributed by atoms with Crippen LogP contribution in [0.1, 0.15) is 47.3 Å². The molecule has 0 aliphatic heterocycles. The van der Waals surface area contributed by atoms with E-state index in [9.17, 15) is 9.59 Å². The monoisotopic (exact) mass is 584 g/mol. The van der Waals surface area contributed by atoms with E-state index in [1.54, 1.807) is 12.1 Å². The molecule has 1 atom stereocenters. The number of rotatable bonds is 10. The van der Waals surface area contributed by atoms with Gasteiger partial charge in [0, 0.05) is 17.5 Å². The number of aryl methyl sites for hydroxylation is 2. The van der Waals surface area contributed by atoms with Gasteiger partial charge in [0.25, 0.3) is 0 Å². The molecule has 11 heteroatoms. The molecule has 0 spiro atoms. The molecule has 0 aliphatic rings. The highest BCUT2D eigenvalue weighted by Crippen LogP contribution is 2.38. The summed E-state index contributed by atoms with van der Waals surface area (Å²) < 4.78 is 13.0. The van der Waals surface area contributed by atoms with Crippen LogP contribution in [0.4, 0.5) is 5.00 Å². The Balaban J connectivity index is 1.48. The molecule has 0 saturated heterocycles. The zero-order chi connectivity index (χ0) is 28.1. The van der Waals surface area contributed by atoms with E-state index in [1.165, 1.54) is 30.2 Å². The van der Waals surface area contributed by atoms with Crippen molar-refractivity contribution in [2.45, 2.75) is 45.5 Å². The highest BCUT2D eigenvalue weighted by Gasteiger charge is 2.24. The Morgan fingerprint density at radius 2 is 1.92 bits per heavy atom. The summed E-state index contributed by atoms with van der Waals surface area (Å²) in [5.74, 6) is 0.494. The molecule has 204 valence electrons. The van der Waals surface area contributed by atoms with Crippen molar-refractivity contribution in [2.75, 3.05) is 18.2 Å². The molecular formula is C28H29ClN4O4S2. The molecule has 1 unspecified atom stereocenters. The molecule has 0 fully saturated rings. The predicted molar refractivity (Wildman–Crippen MR) is 156 cm³/mol. The van der Waals surface area contributed by atoms with Gasteiger partial charge in [0.05, 0.1) is 17.9 Å². The lowest BCUT2D eigenvalue weighted by Gasteiger charge is -2.16. The van der Waals surface area contributed by atoms with Crippen LogP contribution in [0.5, 0.6) is 5.75 Å². The van der Waals surface area contributed by atoms with E-state index in [2.05, 4.69) is 15.5 Å². The molecule has 2 aromatic carbocycles. The minimum Gasteiger partial charge on any atom is -0.481 e. The quantitative estimate of drug-likeness (QED) is 0.159. The normalized spacial score (nSPS) is 11.7. The summed E-state index contributed by atoms with van der Waals surface area (Å²) in [4.78, 5) is 25.7. The van der Waals surface area contributed by atoms with Crippen LogP contribution in [-0.4, -0.2) is 39.5 Å². The number of anilines is 1. The minimum absolute atomic E-state index is 0.0786. The van der Waals surface area contributed by atoms with Gasteiger partial charge in [-0.05, 0) is 51.0 Å². The predicted octanol–water partition coefficient (Wildman–Crippen LogP) is 6.95. The average Bonchev–Trinajstić information content (AvgIpc) is 3.53. The zero-order valence-corrected chi connectivity index (χ0v) is 24.7. The molecule has 0 aliphatic carbocycles. The lowest BCUT2D eigenvalue weighted by molar-refractivity contribution is -0.113. The number of ether oxygens (including phenoxy) is 2. The molecule has 2 heterocycles. The Bertz CT molecular complexity index is 1500. The lowest BCUT2D eigenvalue weighted by atomic mass is 9.97. The van der Waals surface area contributed by atoms with Gasteiger partial charge in [-0.2, -0.15) is 0 Å². The van der Waals surface area contributed by atoms with Crippen LogP contribution in [0.3, 0.4) is 0 Å². The van der Waals surface area contributed by atoms with E-state index in [1.807, 2.05) is 68.0 Å². The fourth-order valence-electron chi connectivity index (χ4n) is 4.06. The number of aromatic nitrogens is 3. The summed E-state index contributed by atoms with van der Waals surface area (Å²) >= 11 is 8.78. The van der Waals surface area contributed by atoms with Crippen LogP contribution in [0.2, 0.25) is 5.02 Å². The number of esters is 1. The van der Waals surface area contributed by atoms with Gasteiger partial charge >= 0.3 is 5.97 Å². The number of nitrogens with one attached hydrogen (secondary N) is 1. The largest absolute Gasteiger partial charge is 0.481 e. The average molecular weight is 585 g/mol. The van der Waals surface area contributed by atoms with Gasteiger partial charge in [0.1, 0.15) is 16.3 Å². The number of carbonyl (C=O) groups is 2. The van der Waals surface area contributed by atoms with Crippen LogP contribution in [0.25, 0.3) is 11.1 Å². The number of benzene rings is 2. The van der Waals surface area contributed by atoms with Crippen LogP contribution < -0.4 is 10.1 Å². The Morgan fingerprint density at radius 1 is 1.15 bits per heavy atom. The number of thioether (sulfide) groups is 1. The Morgan fingerprint density at radius 3 is 2.64 bits per heavy atom. The van der Waals surface area contributed by atoms with Crippen molar-refractivity contribution in [2.24, 2.45) is 0 Å². The van der Waals surface area contributed by atoms with Gasteiger partial charge in [-0.1, -0.05) is 59.3 Å². The van der Waals surface area contributed by atoms with Gasteiger partial charge < -0.3 is 19.4 Å². The van der Waals surface area contributed by atoms with Crippen LogP contribution in [0.15, 0.2) is 53.0 Å².